The smallest absolute Gasteiger partial charge is 0.157 e. The quantitative estimate of drug-likeness (QED) is 0.742. The number of Topliss-reactive ketones (excluding diaryl/α,β-unsaturated/α-hetero) is 1. The van der Waals surface area contributed by atoms with E-state index in [0.29, 0.717) is 6.54 Å². The minimum atomic E-state index is -0.322. The molecule has 0 aliphatic carbocycles. The van der Waals surface area contributed by atoms with Crippen molar-refractivity contribution in [2.75, 3.05) is 25.5 Å². The van der Waals surface area contributed by atoms with E-state index in [2.05, 4.69) is 46.1 Å². The van der Waals surface area contributed by atoms with Gasteiger partial charge in [-0.1, -0.05) is 39.8 Å². The van der Waals surface area contributed by atoms with Gasteiger partial charge in [-0.05, 0) is 24.1 Å². The standard InChI is InChI=1S/C20H30N4O/c1-7-19-23(15-18(25)20(2,3)4)12-13-24(19)21-14-16-8-10-17(11-9-16)22(5)6/h8-14,19H,7,15H2,1-6H3. The Morgan fingerprint density at radius 3 is 2.36 bits per heavy atom. The lowest BCUT2D eigenvalue weighted by molar-refractivity contribution is -0.127. The zero-order valence-electron chi connectivity index (χ0n) is 16.2. The highest BCUT2D eigenvalue weighted by molar-refractivity contribution is 5.85. The Kier molecular flexibility index (Phi) is 5.88. The minimum absolute atomic E-state index is 0.0867. The number of rotatable bonds is 6. The van der Waals surface area contributed by atoms with Gasteiger partial charge in [0.05, 0.1) is 12.8 Å². The normalized spacial score (nSPS) is 17.6. The van der Waals surface area contributed by atoms with Crippen molar-refractivity contribution in [2.45, 2.75) is 40.3 Å². The molecular formula is C20H30N4O. The van der Waals surface area contributed by atoms with Crippen LogP contribution in [0.25, 0.3) is 0 Å². The maximum absolute atomic E-state index is 12.3. The average Bonchev–Trinajstić information content (AvgIpc) is 2.94. The summed E-state index contributed by atoms with van der Waals surface area (Å²) in [6.45, 7) is 8.42. The van der Waals surface area contributed by atoms with Crippen LogP contribution in [0.15, 0.2) is 41.8 Å². The maximum atomic E-state index is 12.3. The summed E-state index contributed by atoms with van der Waals surface area (Å²) in [5, 5.41) is 6.52. The van der Waals surface area contributed by atoms with Gasteiger partial charge in [0.15, 0.2) is 5.78 Å². The van der Waals surface area contributed by atoms with Crippen LogP contribution in [0.4, 0.5) is 5.69 Å². The maximum Gasteiger partial charge on any atom is 0.157 e. The first-order chi connectivity index (χ1) is 11.7. The summed E-state index contributed by atoms with van der Waals surface area (Å²) in [7, 11) is 4.05. The molecule has 5 heteroatoms. The number of nitrogens with zero attached hydrogens (tertiary/aromatic N) is 4. The monoisotopic (exact) mass is 342 g/mol. The minimum Gasteiger partial charge on any atom is -0.378 e. The first kappa shape index (κ1) is 19.0. The molecule has 1 heterocycles. The van der Waals surface area contributed by atoms with Gasteiger partial charge >= 0.3 is 0 Å². The van der Waals surface area contributed by atoms with Crippen LogP contribution < -0.4 is 4.90 Å². The van der Waals surface area contributed by atoms with E-state index < -0.39 is 0 Å². The Morgan fingerprint density at radius 2 is 1.84 bits per heavy atom. The highest BCUT2D eigenvalue weighted by atomic mass is 16.1. The topological polar surface area (TPSA) is 39.2 Å². The molecule has 0 spiro atoms. The summed E-state index contributed by atoms with van der Waals surface area (Å²) in [6, 6.07) is 8.26. The summed E-state index contributed by atoms with van der Waals surface area (Å²) >= 11 is 0. The lowest BCUT2D eigenvalue weighted by atomic mass is 9.90. The van der Waals surface area contributed by atoms with Gasteiger partial charge in [0.1, 0.15) is 6.17 Å². The summed E-state index contributed by atoms with van der Waals surface area (Å²) < 4.78 is 0. The molecular weight excluding hydrogens is 312 g/mol. The molecule has 0 saturated carbocycles. The van der Waals surface area contributed by atoms with Gasteiger partial charge in [0, 0.05) is 37.6 Å². The fraction of sp³-hybridized carbons (Fsp3) is 0.500. The fourth-order valence-corrected chi connectivity index (χ4v) is 2.59. The predicted octanol–water partition coefficient (Wildman–Crippen LogP) is 3.53. The third-order valence-corrected chi connectivity index (χ3v) is 4.38. The van der Waals surface area contributed by atoms with Gasteiger partial charge in [0.25, 0.3) is 0 Å². The van der Waals surface area contributed by atoms with Gasteiger partial charge in [-0.2, -0.15) is 5.10 Å². The zero-order chi connectivity index (χ0) is 18.6. The Labute approximate surface area is 151 Å². The Bertz CT molecular complexity index is 641. The highest BCUT2D eigenvalue weighted by Crippen LogP contribution is 2.22. The molecule has 0 fully saturated rings. The van der Waals surface area contributed by atoms with E-state index in [4.69, 9.17) is 0 Å². The van der Waals surface area contributed by atoms with Crippen molar-refractivity contribution >= 4 is 17.7 Å². The average molecular weight is 342 g/mol. The number of hydrazone groups is 1. The van der Waals surface area contributed by atoms with E-state index in [1.165, 1.54) is 0 Å². The molecule has 0 radical (unpaired) electrons. The van der Waals surface area contributed by atoms with Crippen molar-refractivity contribution in [3.8, 4) is 0 Å². The second kappa shape index (κ2) is 7.72. The molecule has 5 nitrogen and oxygen atoms in total. The largest absolute Gasteiger partial charge is 0.378 e. The number of benzene rings is 1. The van der Waals surface area contributed by atoms with Crippen LogP contribution in [-0.2, 0) is 4.79 Å². The molecule has 1 unspecified atom stereocenters. The van der Waals surface area contributed by atoms with Gasteiger partial charge in [-0.3, -0.25) is 4.79 Å². The first-order valence-electron chi connectivity index (χ1n) is 8.79. The van der Waals surface area contributed by atoms with Crippen LogP contribution in [0.5, 0.6) is 0 Å². The predicted molar refractivity (Wildman–Crippen MR) is 105 cm³/mol. The van der Waals surface area contributed by atoms with E-state index in [1.807, 2.05) is 58.5 Å². The van der Waals surface area contributed by atoms with Crippen molar-refractivity contribution in [2.24, 2.45) is 10.5 Å². The fourth-order valence-electron chi connectivity index (χ4n) is 2.59. The van der Waals surface area contributed by atoms with Crippen LogP contribution in [0.1, 0.15) is 39.7 Å². The van der Waals surface area contributed by atoms with E-state index in [0.717, 1.165) is 17.7 Å². The molecule has 0 amide bonds. The highest BCUT2D eigenvalue weighted by Gasteiger charge is 2.29. The number of hydrogen-bond donors (Lipinski definition) is 0. The third kappa shape index (κ3) is 4.84. The second-order valence-corrected chi connectivity index (χ2v) is 7.64. The number of carbonyl (C=O) groups excluding carboxylic acids is 1. The molecule has 1 aromatic carbocycles. The summed E-state index contributed by atoms with van der Waals surface area (Å²) in [5.41, 5.74) is 1.89. The van der Waals surface area contributed by atoms with Crippen molar-refractivity contribution in [3.63, 3.8) is 0 Å². The van der Waals surface area contributed by atoms with Crippen molar-refractivity contribution in [3.05, 3.63) is 42.2 Å². The summed E-state index contributed by atoms with van der Waals surface area (Å²) in [5.74, 6) is 0.237. The molecule has 25 heavy (non-hydrogen) atoms. The summed E-state index contributed by atoms with van der Waals surface area (Å²) in [4.78, 5) is 16.5. The number of ketones is 1. The van der Waals surface area contributed by atoms with Gasteiger partial charge in [-0.15, -0.1) is 0 Å². The number of anilines is 1. The molecule has 1 aliphatic rings. The molecule has 0 bridgehead atoms. The lowest BCUT2D eigenvalue weighted by Crippen LogP contribution is -2.41. The molecule has 1 aromatic rings. The van der Waals surface area contributed by atoms with Crippen molar-refractivity contribution in [1.29, 1.82) is 0 Å². The van der Waals surface area contributed by atoms with E-state index in [9.17, 15) is 4.79 Å². The number of hydrogen-bond acceptors (Lipinski definition) is 5. The van der Waals surface area contributed by atoms with Gasteiger partial charge in [-0.25, -0.2) is 5.01 Å². The Hall–Kier alpha value is -2.30. The van der Waals surface area contributed by atoms with E-state index in [1.54, 1.807) is 0 Å². The van der Waals surface area contributed by atoms with Gasteiger partial charge < -0.3 is 9.80 Å². The van der Waals surface area contributed by atoms with Crippen molar-refractivity contribution in [1.82, 2.24) is 9.91 Å². The molecule has 2 rings (SSSR count). The molecule has 1 atom stereocenters. The van der Waals surface area contributed by atoms with Crippen LogP contribution in [0, 0.1) is 5.41 Å². The van der Waals surface area contributed by atoms with Crippen LogP contribution in [0.2, 0.25) is 0 Å². The Morgan fingerprint density at radius 1 is 1.20 bits per heavy atom. The lowest BCUT2D eigenvalue weighted by Gasteiger charge is -2.30. The molecule has 0 N–H and O–H groups in total. The van der Waals surface area contributed by atoms with Crippen LogP contribution >= 0.6 is 0 Å². The molecule has 1 aliphatic heterocycles. The van der Waals surface area contributed by atoms with Crippen molar-refractivity contribution < 1.29 is 4.79 Å². The van der Waals surface area contributed by atoms with Crippen LogP contribution in [0.3, 0.4) is 0 Å². The van der Waals surface area contributed by atoms with E-state index >= 15 is 0 Å². The van der Waals surface area contributed by atoms with Gasteiger partial charge in [0.2, 0.25) is 0 Å². The first-order valence-corrected chi connectivity index (χ1v) is 8.79. The zero-order valence-corrected chi connectivity index (χ0v) is 16.2. The molecule has 0 saturated heterocycles. The molecule has 0 aromatic heterocycles. The number of carbonyl (C=O) groups is 1. The third-order valence-electron chi connectivity index (χ3n) is 4.38. The molecule has 136 valence electrons. The van der Waals surface area contributed by atoms with Crippen LogP contribution in [-0.4, -0.2) is 48.7 Å². The second-order valence-electron chi connectivity index (χ2n) is 7.64. The van der Waals surface area contributed by atoms with E-state index in [-0.39, 0.29) is 17.4 Å². The summed E-state index contributed by atoms with van der Waals surface area (Å²) in [6.07, 6.45) is 6.74. The SMILES string of the molecule is CCC1N(CC(=O)C(C)(C)C)C=CN1N=Cc1ccc(N(C)C)cc1. The Balaban J connectivity index is 2.03.